The molecule has 106 valence electrons. The van der Waals surface area contributed by atoms with Gasteiger partial charge in [0, 0.05) is 20.1 Å². The van der Waals surface area contributed by atoms with Crippen molar-refractivity contribution < 1.29 is 9.53 Å². The highest BCUT2D eigenvalue weighted by Crippen LogP contribution is 2.22. The van der Waals surface area contributed by atoms with Crippen molar-refractivity contribution >= 4 is 28.8 Å². The van der Waals surface area contributed by atoms with Crippen LogP contribution in [-0.2, 0) is 16.6 Å². The molecule has 0 bridgehead atoms. The van der Waals surface area contributed by atoms with Crippen LogP contribution in [-0.4, -0.2) is 67.8 Å². The van der Waals surface area contributed by atoms with Crippen LogP contribution in [0.3, 0.4) is 0 Å². The molecule has 0 radical (unpaired) electrons. The molecule has 0 atom stereocenters. The average molecular weight is 294 g/mol. The Balaban J connectivity index is 1.69. The molecular weight excluding hydrogens is 280 g/mol. The SMILES string of the molecule is Cn1nnc2c(SCC(=O)N3CCOCC3)ncnc21. The van der Waals surface area contributed by atoms with Gasteiger partial charge in [-0.3, -0.25) is 4.79 Å². The van der Waals surface area contributed by atoms with Crippen LogP contribution < -0.4 is 0 Å². The van der Waals surface area contributed by atoms with E-state index in [1.165, 1.54) is 18.1 Å². The normalized spacial score (nSPS) is 15.8. The summed E-state index contributed by atoms with van der Waals surface area (Å²) >= 11 is 1.37. The molecule has 1 amide bonds. The van der Waals surface area contributed by atoms with Gasteiger partial charge in [-0.2, -0.15) is 0 Å². The van der Waals surface area contributed by atoms with Gasteiger partial charge in [-0.15, -0.1) is 5.10 Å². The molecule has 2 aromatic rings. The summed E-state index contributed by atoms with van der Waals surface area (Å²) in [5.74, 6) is 0.428. The molecule has 1 aliphatic heterocycles. The van der Waals surface area contributed by atoms with Gasteiger partial charge in [-0.25, -0.2) is 14.6 Å². The number of aryl methyl sites for hydroxylation is 1. The topological polar surface area (TPSA) is 86.0 Å². The monoisotopic (exact) mass is 294 g/mol. The summed E-state index contributed by atoms with van der Waals surface area (Å²) in [6.07, 6.45) is 1.47. The summed E-state index contributed by atoms with van der Waals surface area (Å²) < 4.78 is 6.82. The highest BCUT2D eigenvalue weighted by molar-refractivity contribution is 8.00. The van der Waals surface area contributed by atoms with E-state index in [1.54, 1.807) is 11.7 Å². The molecule has 20 heavy (non-hydrogen) atoms. The molecule has 1 aliphatic rings. The first-order chi connectivity index (χ1) is 9.75. The minimum Gasteiger partial charge on any atom is -0.378 e. The van der Waals surface area contributed by atoms with Crippen LogP contribution in [0.1, 0.15) is 0 Å². The van der Waals surface area contributed by atoms with Crippen molar-refractivity contribution in [2.24, 2.45) is 7.05 Å². The Hall–Kier alpha value is -1.74. The molecule has 8 nitrogen and oxygen atoms in total. The molecule has 0 saturated carbocycles. The largest absolute Gasteiger partial charge is 0.378 e. The van der Waals surface area contributed by atoms with Crippen molar-refractivity contribution in [1.82, 2.24) is 29.9 Å². The lowest BCUT2D eigenvalue weighted by Crippen LogP contribution is -2.41. The number of amides is 1. The third kappa shape index (κ3) is 2.59. The van der Waals surface area contributed by atoms with Gasteiger partial charge in [0.15, 0.2) is 11.2 Å². The summed E-state index contributed by atoms with van der Waals surface area (Å²) in [5, 5.41) is 8.63. The van der Waals surface area contributed by atoms with Gasteiger partial charge in [-0.05, 0) is 0 Å². The molecule has 0 aromatic carbocycles. The number of carbonyl (C=O) groups excluding carboxylic acids is 1. The Bertz CT molecular complexity index is 624. The molecular formula is C11H14N6O2S. The maximum Gasteiger partial charge on any atom is 0.233 e. The van der Waals surface area contributed by atoms with E-state index in [2.05, 4.69) is 20.3 Å². The number of aromatic nitrogens is 5. The van der Waals surface area contributed by atoms with Gasteiger partial charge >= 0.3 is 0 Å². The standard InChI is InChI=1S/C11H14N6O2S/c1-16-10-9(14-15-16)11(13-7-12-10)20-6-8(18)17-2-4-19-5-3-17/h7H,2-6H2,1H3. The van der Waals surface area contributed by atoms with E-state index >= 15 is 0 Å². The first kappa shape index (κ1) is 13.3. The number of fused-ring (bicyclic) bond motifs is 1. The number of hydrogen-bond acceptors (Lipinski definition) is 7. The Labute approximate surface area is 119 Å². The number of nitrogens with zero attached hydrogens (tertiary/aromatic N) is 6. The second-order valence-electron chi connectivity index (χ2n) is 4.35. The third-order valence-corrected chi connectivity index (χ3v) is 4.01. The van der Waals surface area contributed by atoms with Crippen LogP contribution in [0.25, 0.3) is 11.2 Å². The quantitative estimate of drug-likeness (QED) is 0.568. The van der Waals surface area contributed by atoms with Gasteiger partial charge in [0.05, 0.1) is 19.0 Å². The van der Waals surface area contributed by atoms with E-state index in [9.17, 15) is 4.79 Å². The van der Waals surface area contributed by atoms with E-state index < -0.39 is 0 Å². The number of hydrogen-bond donors (Lipinski definition) is 0. The lowest BCUT2D eigenvalue weighted by Gasteiger charge is -2.26. The second-order valence-corrected chi connectivity index (χ2v) is 5.31. The van der Waals surface area contributed by atoms with Gasteiger partial charge < -0.3 is 9.64 Å². The minimum absolute atomic E-state index is 0.0916. The van der Waals surface area contributed by atoms with E-state index in [-0.39, 0.29) is 5.91 Å². The Kier molecular flexibility index (Phi) is 3.79. The molecule has 1 fully saturated rings. The first-order valence-corrected chi connectivity index (χ1v) is 7.23. The fourth-order valence-electron chi connectivity index (χ4n) is 1.97. The lowest BCUT2D eigenvalue weighted by molar-refractivity contribution is -0.132. The van der Waals surface area contributed by atoms with Crippen LogP contribution in [0, 0.1) is 0 Å². The molecule has 0 unspecified atom stereocenters. The van der Waals surface area contributed by atoms with Crippen molar-refractivity contribution in [2.45, 2.75) is 5.03 Å². The van der Waals surface area contributed by atoms with Gasteiger partial charge in [-0.1, -0.05) is 17.0 Å². The maximum absolute atomic E-state index is 12.1. The van der Waals surface area contributed by atoms with Crippen molar-refractivity contribution in [3.8, 4) is 0 Å². The minimum atomic E-state index is 0.0916. The second kappa shape index (κ2) is 5.71. The summed E-state index contributed by atoms with van der Waals surface area (Å²) in [6.45, 7) is 2.53. The van der Waals surface area contributed by atoms with Crippen LogP contribution in [0.2, 0.25) is 0 Å². The molecule has 0 spiro atoms. The molecule has 3 heterocycles. The zero-order valence-electron chi connectivity index (χ0n) is 11.0. The summed E-state index contributed by atoms with van der Waals surface area (Å²) in [5.41, 5.74) is 1.30. The predicted molar refractivity (Wildman–Crippen MR) is 72.2 cm³/mol. The molecule has 1 saturated heterocycles. The highest BCUT2D eigenvalue weighted by Gasteiger charge is 2.18. The Morgan fingerprint density at radius 1 is 1.40 bits per heavy atom. The first-order valence-electron chi connectivity index (χ1n) is 6.24. The fourth-order valence-corrected chi connectivity index (χ4v) is 2.81. The zero-order valence-corrected chi connectivity index (χ0v) is 11.8. The average Bonchev–Trinajstić information content (AvgIpc) is 2.88. The third-order valence-electron chi connectivity index (χ3n) is 3.05. The smallest absolute Gasteiger partial charge is 0.233 e. The summed E-state index contributed by atoms with van der Waals surface area (Å²) in [6, 6.07) is 0. The van der Waals surface area contributed by atoms with Crippen LogP contribution in [0.15, 0.2) is 11.4 Å². The molecule has 3 rings (SSSR count). The molecule has 9 heteroatoms. The fraction of sp³-hybridized carbons (Fsp3) is 0.545. The van der Waals surface area contributed by atoms with Gasteiger partial charge in [0.1, 0.15) is 11.4 Å². The van der Waals surface area contributed by atoms with E-state index in [0.29, 0.717) is 48.2 Å². The van der Waals surface area contributed by atoms with Crippen LogP contribution in [0.5, 0.6) is 0 Å². The maximum atomic E-state index is 12.1. The number of rotatable bonds is 3. The van der Waals surface area contributed by atoms with E-state index in [1.807, 2.05) is 4.90 Å². The van der Waals surface area contributed by atoms with Crippen molar-refractivity contribution in [2.75, 3.05) is 32.1 Å². The van der Waals surface area contributed by atoms with Gasteiger partial charge in [0.2, 0.25) is 5.91 Å². The molecule has 0 aliphatic carbocycles. The number of carbonyl (C=O) groups is 1. The molecule has 2 aromatic heterocycles. The summed E-state index contributed by atoms with van der Waals surface area (Å²) in [4.78, 5) is 22.2. The van der Waals surface area contributed by atoms with Crippen LogP contribution in [0.4, 0.5) is 0 Å². The van der Waals surface area contributed by atoms with Crippen molar-refractivity contribution in [3.63, 3.8) is 0 Å². The number of morpholine rings is 1. The molecule has 0 N–H and O–H groups in total. The number of ether oxygens (including phenoxy) is 1. The summed E-state index contributed by atoms with van der Waals surface area (Å²) in [7, 11) is 1.77. The van der Waals surface area contributed by atoms with Crippen LogP contribution >= 0.6 is 11.8 Å². The van der Waals surface area contributed by atoms with Crippen molar-refractivity contribution in [1.29, 1.82) is 0 Å². The van der Waals surface area contributed by atoms with E-state index in [0.717, 1.165) is 0 Å². The van der Waals surface area contributed by atoms with Crippen molar-refractivity contribution in [3.05, 3.63) is 6.33 Å². The predicted octanol–water partition coefficient (Wildman–Crippen LogP) is -0.291. The van der Waals surface area contributed by atoms with Gasteiger partial charge in [0.25, 0.3) is 0 Å². The Morgan fingerprint density at radius 2 is 2.20 bits per heavy atom. The zero-order chi connectivity index (χ0) is 13.9. The number of thioether (sulfide) groups is 1. The van der Waals surface area contributed by atoms with E-state index in [4.69, 9.17) is 4.74 Å². The lowest BCUT2D eigenvalue weighted by atomic mass is 10.4. The highest BCUT2D eigenvalue weighted by atomic mass is 32.2. The Morgan fingerprint density at radius 3 is 3.00 bits per heavy atom.